The van der Waals surface area contributed by atoms with Gasteiger partial charge in [-0.15, -0.1) is 16.4 Å². The van der Waals surface area contributed by atoms with Gasteiger partial charge in [0.2, 0.25) is 11.1 Å². The first-order valence-electron chi connectivity index (χ1n) is 7.81. The number of carbonyl (C=O) groups excluding carboxylic acids is 1. The van der Waals surface area contributed by atoms with Crippen molar-refractivity contribution in [1.29, 1.82) is 0 Å². The Morgan fingerprint density at radius 3 is 2.79 bits per heavy atom. The molecule has 29 heavy (non-hydrogen) atoms. The van der Waals surface area contributed by atoms with Crippen LogP contribution in [0.3, 0.4) is 0 Å². The Labute approximate surface area is 169 Å². The monoisotopic (exact) mass is 444 g/mol. The number of nitro groups is 1. The molecule has 0 spiro atoms. The van der Waals surface area contributed by atoms with Crippen LogP contribution < -0.4 is 5.32 Å². The summed E-state index contributed by atoms with van der Waals surface area (Å²) in [5.41, 5.74) is -2.59. The predicted octanol–water partition coefficient (Wildman–Crippen LogP) is 3.44. The van der Waals surface area contributed by atoms with Gasteiger partial charge in [-0.3, -0.25) is 14.9 Å². The van der Waals surface area contributed by atoms with E-state index in [0.717, 1.165) is 28.8 Å². The number of hydrogen-bond acceptors (Lipinski definition) is 8. The van der Waals surface area contributed by atoms with Gasteiger partial charge in [-0.1, -0.05) is 17.8 Å². The minimum Gasteiger partial charge on any atom is -0.325 e. The van der Waals surface area contributed by atoms with Gasteiger partial charge < -0.3 is 5.32 Å². The largest absolute Gasteiger partial charge is 0.418 e. The third-order valence-electron chi connectivity index (χ3n) is 3.51. The van der Waals surface area contributed by atoms with E-state index in [1.54, 1.807) is 0 Å². The number of nitrogens with one attached hydrogen (secondary N) is 1. The maximum absolute atomic E-state index is 13.2. The van der Waals surface area contributed by atoms with E-state index in [4.69, 9.17) is 0 Å². The Bertz CT molecular complexity index is 1020. The molecule has 0 unspecified atom stereocenters. The molecule has 2 aromatic heterocycles. The number of carbonyl (C=O) groups is 1. The molecule has 0 aliphatic carbocycles. The van der Waals surface area contributed by atoms with E-state index in [0.29, 0.717) is 17.8 Å². The van der Waals surface area contributed by atoms with Crippen molar-refractivity contribution in [3.63, 3.8) is 0 Å². The molecule has 3 aromatic rings. The third-order valence-corrected chi connectivity index (χ3v) is 5.33. The molecule has 14 heteroatoms. The number of nitro benzene ring substituents is 1. The molecule has 1 amide bonds. The van der Waals surface area contributed by atoms with Gasteiger partial charge in [0.15, 0.2) is 0 Å². The predicted molar refractivity (Wildman–Crippen MR) is 98.7 cm³/mol. The van der Waals surface area contributed by atoms with E-state index in [9.17, 15) is 28.1 Å². The second kappa shape index (κ2) is 8.57. The van der Waals surface area contributed by atoms with E-state index in [-0.39, 0.29) is 5.75 Å². The van der Waals surface area contributed by atoms with Crippen LogP contribution in [0.1, 0.15) is 10.4 Å². The van der Waals surface area contributed by atoms with E-state index >= 15 is 0 Å². The maximum Gasteiger partial charge on any atom is 0.418 e. The summed E-state index contributed by atoms with van der Waals surface area (Å²) < 4.78 is 41.0. The van der Waals surface area contributed by atoms with Crippen molar-refractivity contribution in [3.05, 3.63) is 56.3 Å². The number of aromatic nitrogens is 4. The highest BCUT2D eigenvalue weighted by Crippen LogP contribution is 2.37. The highest BCUT2D eigenvalue weighted by atomic mass is 32.2. The number of nitrogens with zero attached hydrogens (tertiary/aromatic N) is 5. The Balaban J connectivity index is 1.67. The van der Waals surface area contributed by atoms with Crippen molar-refractivity contribution in [2.24, 2.45) is 0 Å². The van der Waals surface area contributed by atoms with Crippen LogP contribution in [0, 0.1) is 10.1 Å². The molecule has 9 nitrogen and oxygen atoms in total. The first-order valence-corrected chi connectivity index (χ1v) is 9.67. The fraction of sp³-hybridized carbons (Fsp3) is 0.200. The first-order chi connectivity index (χ1) is 13.7. The van der Waals surface area contributed by atoms with E-state index in [1.807, 2.05) is 17.5 Å². The molecule has 1 aromatic carbocycles. The lowest BCUT2D eigenvalue weighted by Crippen LogP contribution is -2.18. The fourth-order valence-electron chi connectivity index (χ4n) is 2.25. The number of hydrogen-bond donors (Lipinski definition) is 1. The topological polar surface area (TPSA) is 116 Å². The average Bonchev–Trinajstić information content (AvgIpc) is 3.31. The quantitative estimate of drug-likeness (QED) is 0.337. The number of anilines is 1. The molecule has 1 N–H and O–H groups in total. The molecule has 0 saturated carbocycles. The van der Waals surface area contributed by atoms with E-state index in [2.05, 4.69) is 20.8 Å². The zero-order valence-electron chi connectivity index (χ0n) is 14.3. The highest BCUT2D eigenvalue weighted by molar-refractivity contribution is 7.99. The molecule has 0 saturated heterocycles. The second-order valence-corrected chi connectivity index (χ2v) is 7.49. The van der Waals surface area contributed by atoms with E-state index < -0.39 is 33.9 Å². The van der Waals surface area contributed by atoms with Gasteiger partial charge in [0.05, 0.1) is 28.5 Å². The Hall–Kier alpha value is -3.00. The number of thiophene rings is 1. The van der Waals surface area contributed by atoms with Gasteiger partial charge in [0.1, 0.15) is 0 Å². The van der Waals surface area contributed by atoms with Crippen molar-refractivity contribution >= 4 is 40.4 Å². The van der Waals surface area contributed by atoms with Crippen LogP contribution in [-0.4, -0.2) is 36.8 Å². The molecule has 3 rings (SSSR count). The summed E-state index contributed by atoms with van der Waals surface area (Å²) in [6.45, 7) is 0.398. The molecule has 0 fully saturated rings. The van der Waals surface area contributed by atoms with Crippen molar-refractivity contribution in [1.82, 2.24) is 20.2 Å². The van der Waals surface area contributed by atoms with Crippen LogP contribution in [0.2, 0.25) is 0 Å². The van der Waals surface area contributed by atoms with Crippen LogP contribution in [0.25, 0.3) is 0 Å². The summed E-state index contributed by atoms with van der Waals surface area (Å²) in [4.78, 5) is 22.9. The molecular weight excluding hydrogens is 433 g/mol. The number of halogens is 3. The summed E-state index contributed by atoms with van der Waals surface area (Å²) >= 11 is 2.46. The number of benzene rings is 1. The van der Waals surface area contributed by atoms with Gasteiger partial charge >= 0.3 is 6.18 Å². The van der Waals surface area contributed by atoms with Crippen LogP contribution in [0.5, 0.6) is 0 Å². The molecule has 0 bridgehead atoms. The Kier molecular flexibility index (Phi) is 6.12. The molecule has 0 aliphatic rings. The summed E-state index contributed by atoms with van der Waals surface area (Å²) in [5.74, 6) is -0.987. The molecule has 0 radical (unpaired) electrons. The minimum atomic E-state index is -4.87. The summed E-state index contributed by atoms with van der Waals surface area (Å²) in [5, 5.41) is 26.2. The van der Waals surface area contributed by atoms with Crippen LogP contribution in [-0.2, 0) is 17.5 Å². The Morgan fingerprint density at radius 1 is 1.34 bits per heavy atom. The molecular formula is C15H11F3N6O3S2. The average molecular weight is 444 g/mol. The number of tetrazole rings is 1. The maximum atomic E-state index is 13.2. The van der Waals surface area contributed by atoms with Crippen molar-refractivity contribution < 1.29 is 22.9 Å². The number of amides is 1. The van der Waals surface area contributed by atoms with Gasteiger partial charge in [-0.2, -0.15) is 13.2 Å². The van der Waals surface area contributed by atoms with E-state index in [1.165, 1.54) is 16.0 Å². The first kappa shape index (κ1) is 20.7. The standard InChI is InChI=1S/C15H11F3N6O3S2/c16-15(17,18)11-6-9(24(26)27)3-4-12(11)19-13(25)8-29-14-20-21-22-23(14)7-10-2-1-5-28-10/h1-6H,7-8H2,(H,19,25). The molecule has 0 atom stereocenters. The lowest BCUT2D eigenvalue weighted by molar-refractivity contribution is -0.385. The lowest BCUT2D eigenvalue weighted by atomic mass is 10.1. The molecule has 0 aliphatic heterocycles. The zero-order chi connectivity index (χ0) is 21.0. The lowest BCUT2D eigenvalue weighted by Gasteiger charge is -2.13. The van der Waals surface area contributed by atoms with Crippen LogP contribution in [0.4, 0.5) is 24.5 Å². The van der Waals surface area contributed by atoms with Crippen LogP contribution >= 0.6 is 23.1 Å². The summed E-state index contributed by atoms with van der Waals surface area (Å²) in [6.07, 6.45) is -4.87. The Morgan fingerprint density at radius 2 is 2.14 bits per heavy atom. The molecule has 152 valence electrons. The zero-order valence-corrected chi connectivity index (χ0v) is 15.9. The number of non-ortho nitro benzene ring substituents is 1. The smallest absolute Gasteiger partial charge is 0.325 e. The normalized spacial score (nSPS) is 11.4. The SMILES string of the molecule is O=C(CSc1nnnn1Cc1cccs1)Nc1ccc([N+](=O)[O-])cc1C(F)(F)F. The molecule has 2 heterocycles. The fourth-order valence-corrected chi connectivity index (χ4v) is 3.62. The van der Waals surface area contributed by atoms with Gasteiger partial charge in [0, 0.05) is 17.0 Å². The van der Waals surface area contributed by atoms with Crippen molar-refractivity contribution in [2.45, 2.75) is 17.9 Å². The highest BCUT2D eigenvalue weighted by Gasteiger charge is 2.35. The summed E-state index contributed by atoms with van der Waals surface area (Å²) in [6, 6.07) is 5.88. The van der Waals surface area contributed by atoms with Crippen LogP contribution in [0.15, 0.2) is 40.9 Å². The van der Waals surface area contributed by atoms with Gasteiger partial charge in [0.25, 0.3) is 5.69 Å². The van der Waals surface area contributed by atoms with Gasteiger partial charge in [-0.05, 0) is 27.9 Å². The number of rotatable bonds is 7. The third kappa shape index (κ3) is 5.29. The van der Waals surface area contributed by atoms with Crippen molar-refractivity contribution in [2.75, 3.05) is 11.1 Å². The summed E-state index contributed by atoms with van der Waals surface area (Å²) in [7, 11) is 0. The number of thioether (sulfide) groups is 1. The van der Waals surface area contributed by atoms with Gasteiger partial charge in [-0.25, -0.2) is 4.68 Å². The number of alkyl halides is 3. The minimum absolute atomic E-state index is 0.251. The second-order valence-electron chi connectivity index (χ2n) is 5.52. The van der Waals surface area contributed by atoms with Crippen molar-refractivity contribution in [3.8, 4) is 0 Å².